The molecule has 0 spiro atoms. The van der Waals surface area contributed by atoms with Gasteiger partial charge in [-0.1, -0.05) is 30.3 Å². The van der Waals surface area contributed by atoms with Gasteiger partial charge >= 0.3 is 5.97 Å². The lowest BCUT2D eigenvalue weighted by molar-refractivity contribution is -0.164. The molecule has 1 fully saturated rings. The minimum atomic E-state index is -1.12. The van der Waals surface area contributed by atoms with Gasteiger partial charge in [0.25, 0.3) is 5.91 Å². The lowest BCUT2D eigenvalue weighted by atomic mass is 9.92. The van der Waals surface area contributed by atoms with Crippen LogP contribution in [0.3, 0.4) is 0 Å². The zero-order valence-electron chi connectivity index (χ0n) is 13.7. The van der Waals surface area contributed by atoms with Gasteiger partial charge < -0.3 is 24.6 Å². The predicted molar refractivity (Wildman–Crippen MR) is 85.5 cm³/mol. The van der Waals surface area contributed by atoms with Crippen LogP contribution in [0.5, 0.6) is 0 Å². The third-order valence-electron chi connectivity index (χ3n) is 4.08. The summed E-state index contributed by atoms with van der Waals surface area (Å²) in [5, 5.41) is 11.6. The Morgan fingerprint density at radius 1 is 1.29 bits per heavy atom. The smallest absolute Gasteiger partial charge is 0.334 e. The van der Waals surface area contributed by atoms with Crippen molar-refractivity contribution in [1.82, 2.24) is 5.32 Å². The monoisotopic (exact) mass is 337 g/mol. The SMILES string of the molecule is COC(CNC(=O)C1(OCc2ccccc2)CCOCC1)C(=O)O. The number of aliphatic carboxylic acids is 1. The molecule has 2 rings (SSSR count). The summed E-state index contributed by atoms with van der Waals surface area (Å²) in [6, 6.07) is 9.58. The zero-order chi connectivity index (χ0) is 17.4. The number of hydrogen-bond donors (Lipinski definition) is 2. The number of carboxylic acid groups (broad SMARTS) is 1. The molecule has 7 heteroatoms. The number of methoxy groups -OCH3 is 1. The Labute approximate surface area is 140 Å². The van der Waals surface area contributed by atoms with Crippen LogP contribution in [0.1, 0.15) is 18.4 Å². The number of nitrogens with one attached hydrogen (secondary N) is 1. The first kappa shape index (κ1) is 18.4. The minimum Gasteiger partial charge on any atom is -0.479 e. The number of amides is 1. The van der Waals surface area contributed by atoms with Crippen molar-refractivity contribution in [2.24, 2.45) is 0 Å². The van der Waals surface area contributed by atoms with Gasteiger partial charge in [0.15, 0.2) is 11.7 Å². The van der Waals surface area contributed by atoms with Crippen LogP contribution in [0.4, 0.5) is 0 Å². The van der Waals surface area contributed by atoms with Crippen molar-refractivity contribution in [2.75, 3.05) is 26.9 Å². The van der Waals surface area contributed by atoms with Crippen LogP contribution in [0.15, 0.2) is 30.3 Å². The summed E-state index contributed by atoms with van der Waals surface area (Å²) in [5.74, 6) is -1.45. The van der Waals surface area contributed by atoms with Crippen LogP contribution in [-0.4, -0.2) is 55.6 Å². The molecule has 1 atom stereocenters. The molecule has 1 unspecified atom stereocenters. The first-order chi connectivity index (χ1) is 11.6. The van der Waals surface area contributed by atoms with E-state index in [-0.39, 0.29) is 12.5 Å². The number of rotatable bonds is 8. The fourth-order valence-corrected chi connectivity index (χ4v) is 2.55. The van der Waals surface area contributed by atoms with E-state index in [1.54, 1.807) is 0 Å². The third-order valence-corrected chi connectivity index (χ3v) is 4.08. The number of carboxylic acids is 1. The molecule has 0 aromatic heterocycles. The molecule has 2 N–H and O–H groups in total. The molecule has 1 aliphatic rings. The summed E-state index contributed by atoms with van der Waals surface area (Å²) in [6.07, 6.45) is -0.229. The number of benzene rings is 1. The zero-order valence-corrected chi connectivity index (χ0v) is 13.7. The first-order valence-corrected chi connectivity index (χ1v) is 7.87. The van der Waals surface area contributed by atoms with E-state index in [0.717, 1.165) is 5.56 Å². The molecule has 0 saturated carbocycles. The molecular formula is C17H23NO6. The average Bonchev–Trinajstić information content (AvgIpc) is 2.61. The quantitative estimate of drug-likeness (QED) is 0.734. The molecule has 1 amide bonds. The van der Waals surface area contributed by atoms with E-state index in [1.807, 2.05) is 30.3 Å². The first-order valence-electron chi connectivity index (χ1n) is 7.87. The molecule has 1 aromatic carbocycles. The second kappa shape index (κ2) is 8.77. The number of carbonyl (C=O) groups is 2. The summed E-state index contributed by atoms with van der Waals surface area (Å²) in [7, 11) is 1.29. The van der Waals surface area contributed by atoms with E-state index in [2.05, 4.69) is 5.32 Å². The maximum absolute atomic E-state index is 12.6. The van der Waals surface area contributed by atoms with Gasteiger partial charge in [-0.2, -0.15) is 0 Å². The Morgan fingerprint density at radius 2 is 1.96 bits per heavy atom. The molecule has 0 bridgehead atoms. The van der Waals surface area contributed by atoms with Crippen LogP contribution < -0.4 is 5.32 Å². The molecule has 132 valence electrons. The summed E-state index contributed by atoms with van der Waals surface area (Å²) < 4.78 is 16.1. The molecule has 24 heavy (non-hydrogen) atoms. The van der Waals surface area contributed by atoms with Crippen molar-refractivity contribution in [1.29, 1.82) is 0 Å². The molecule has 1 heterocycles. The summed E-state index contributed by atoms with van der Waals surface area (Å²) >= 11 is 0. The molecule has 0 radical (unpaired) electrons. The number of carbonyl (C=O) groups excluding carboxylic acids is 1. The van der Waals surface area contributed by atoms with Gasteiger partial charge in [-0.15, -0.1) is 0 Å². The largest absolute Gasteiger partial charge is 0.479 e. The van der Waals surface area contributed by atoms with Gasteiger partial charge in [-0.3, -0.25) is 4.79 Å². The maximum Gasteiger partial charge on any atom is 0.334 e. The second-order valence-corrected chi connectivity index (χ2v) is 5.65. The molecule has 0 aliphatic carbocycles. The topological polar surface area (TPSA) is 94.1 Å². The van der Waals surface area contributed by atoms with Crippen molar-refractivity contribution in [2.45, 2.75) is 31.2 Å². The fourth-order valence-electron chi connectivity index (χ4n) is 2.55. The normalized spacial score (nSPS) is 17.9. The van der Waals surface area contributed by atoms with Gasteiger partial charge in [-0.25, -0.2) is 4.79 Å². The highest BCUT2D eigenvalue weighted by molar-refractivity contribution is 5.86. The van der Waals surface area contributed by atoms with Gasteiger partial charge in [0.2, 0.25) is 0 Å². The van der Waals surface area contributed by atoms with E-state index in [4.69, 9.17) is 19.3 Å². The van der Waals surface area contributed by atoms with Crippen molar-refractivity contribution >= 4 is 11.9 Å². The predicted octanol–water partition coefficient (Wildman–Crippen LogP) is 0.968. The van der Waals surface area contributed by atoms with Gasteiger partial charge in [-0.05, 0) is 5.56 Å². The van der Waals surface area contributed by atoms with Crippen molar-refractivity contribution in [3.63, 3.8) is 0 Å². The Morgan fingerprint density at radius 3 is 2.54 bits per heavy atom. The Hall–Kier alpha value is -1.96. The summed E-state index contributed by atoms with van der Waals surface area (Å²) in [5.41, 5.74) is -0.0401. The third kappa shape index (κ3) is 4.77. The van der Waals surface area contributed by atoms with Crippen LogP contribution >= 0.6 is 0 Å². The van der Waals surface area contributed by atoms with E-state index in [1.165, 1.54) is 7.11 Å². The summed E-state index contributed by atoms with van der Waals surface area (Å²) in [4.78, 5) is 23.6. The van der Waals surface area contributed by atoms with Crippen LogP contribution in [0.25, 0.3) is 0 Å². The van der Waals surface area contributed by atoms with Crippen LogP contribution in [0.2, 0.25) is 0 Å². The molecular weight excluding hydrogens is 314 g/mol. The Bertz CT molecular complexity index is 541. The Balaban J connectivity index is 2.00. The van der Waals surface area contributed by atoms with E-state index < -0.39 is 17.7 Å². The minimum absolute atomic E-state index is 0.109. The van der Waals surface area contributed by atoms with Crippen molar-refractivity contribution in [3.8, 4) is 0 Å². The number of hydrogen-bond acceptors (Lipinski definition) is 5. The highest BCUT2D eigenvalue weighted by Crippen LogP contribution is 2.27. The van der Waals surface area contributed by atoms with Crippen molar-refractivity contribution < 1.29 is 28.9 Å². The van der Waals surface area contributed by atoms with Gasteiger partial charge in [0.1, 0.15) is 0 Å². The Kier molecular flexibility index (Phi) is 6.72. The number of ether oxygens (including phenoxy) is 3. The van der Waals surface area contributed by atoms with E-state index in [9.17, 15) is 9.59 Å². The fraction of sp³-hybridized carbons (Fsp3) is 0.529. The lowest BCUT2D eigenvalue weighted by Crippen LogP contribution is -2.54. The molecule has 7 nitrogen and oxygen atoms in total. The molecule has 1 aromatic rings. The van der Waals surface area contributed by atoms with Gasteiger partial charge in [0.05, 0.1) is 13.2 Å². The van der Waals surface area contributed by atoms with Crippen LogP contribution in [-0.2, 0) is 30.4 Å². The summed E-state index contributed by atoms with van der Waals surface area (Å²) in [6.45, 7) is 1.05. The molecule has 1 saturated heterocycles. The van der Waals surface area contributed by atoms with Crippen LogP contribution in [0, 0.1) is 0 Å². The average molecular weight is 337 g/mol. The van der Waals surface area contributed by atoms with Crippen molar-refractivity contribution in [3.05, 3.63) is 35.9 Å². The molecule has 1 aliphatic heterocycles. The lowest BCUT2D eigenvalue weighted by Gasteiger charge is -2.36. The highest BCUT2D eigenvalue weighted by atomic mass is 16.5. The van der Waals surface area contributed by atoms with Gasteiger partial charge in [0, 0.05) is 33.2 Å². The van der Waals surface area contributed by atoms with E-state index in [0.29, 0.717) is 32.7 Å². The highest BCUT2D eigenvalue weighted by Gasteiger charge is 2.41. The van der Waals surface area contributed by atoms with E-state index >= 15 is 0 Å². The maximum atomic E-state index is 12.6. The second-order valence-electron chi connectivity index (χ2n) is 5.65. The standard InChI is InChI=1S/C17H23NO6/c1-22-14(15(19)20)11-18-16(21)17(7-9-23-10-8-17)24-12-13-5-3-2-4-6-13/h2-6,14H,7-12H2,1H3,(H,18,21)(H,19,20).